The van der Waals surface area contributed by atoms with Crippen LogP contribution >= 0.6 is 23.8 Å². The van der Waals surface area contributed by atoms with Crippen LogP contribution in [-0.4, -0.2) is 36.2 Å². The molecular formula is C18H28ClN3S. The number of piperidine rings is 1. The van der Waals surface area contributed by atoms with Crippen LogP contribution in [0.3, 0.4) is 0 Å². The maximum atomic E-state index is 6.12. The Morgan fingerprint density at radius 3 is 2.65 bits per heavy atom. The van der Waals surface area contributed by atoms with Gasteiger partial charge in [-0.05, 0) is 68.1 Å². The summed E-state index contributed by atoms with van der Waals surface area (Å²) in [4.78, 5) is 2.58. The maximum absolute atomic E-state index is 6.12. The summed E-state index contributed by atoms with van der Waals surface area (Å²) in [5.41, 5.74) is 2.00. The molecule has 1 aliphatic rings. The van der Waals surface area contributed by atoms with Crippen LogP contribution in [0.4, 0.5) is 5.69 Å². The lowest BCUT2D eigenvalue weighted by Crippen LogP contribution is -2.40. The van der Waals surface area contributed by atoms with Crippen LogP contribution in [0.15, 0.2) is 18.2 Å². The number of nitrogens with one attached hydrogen (secondary N) is 2. The first-order valence-corrected chi connectivity index (χ1v) is 9.26. The molecule has 0 saturated carbocycles. The highest BCUT2D eigenvalue weighted by atomic mass is 35.5. The summed E-state index contributed by atoms with van der Waals surface area (Å²) in [7, 11) is 0. The first kappa shape index (κ1) is 18.5. The van der Waals surface area contributed by atoms with Gasteiger partial charge in [0.05, 0.1) is 0 Å². The third-order valence-electron chi connectivity index (χ3n) is 4.31. The molecule has 0 bridgehead atoms. The standard InChI is InChI=1S/C18H28ClN3S/c1-13-9-14(2)12-22(11-13)8-4-7-20-18(23)21-16-6-5-15(3)17(19)10-16/h5-6,10,13-14H,4,7-9,11-12H2,1-3H3,(H2,20,21,23). The topological polar surface area (TPSA) is 27.3 Å². The Balaban J connectivity index is 1.65. The van der Waals surface area contributed by atoms with E-state index in [-0.39, 0.29) is 0 Å². The van der Waals surface area contributed by atoms with Crippen molar-refractivity contribution in [1.82, 2.24) is 10.2 Å². The third-order valence-corrected chi connectivity index (χ3v) is 4.96. The monoisotopic (exact) mass is 353 g/mol. The number of halogens is 1. The minimum atomic E-state index is 0.658. The van der Waals surface area contributed by atoms with Crippen LogP contribution in [0.5, 0.6) is 0 Å². The Morgan fingerprint density at radius 1 is 1.30 bits per heavy atom. The van der Waals surface area contributed by atoms with Crippen LogP contribution in [0, 0.1) is 18.8 Å². The molecule has 23 heavy (non-hydrogen) atoms. The van der Waals surface area contributed by atoms with E-state index in [1.165, 1.54) is 19.5 Å². The molecule has 1 aromatic rings. The molecule has 3 nitrogen and oxygen atoms in total. The molecule has 2 unspecified atom stereocenters. The SMILES string of the molecule is Cc1ccc(NC(=S)NCCCN2CC(C)CC(C)C2)cc1Cl. The van der Waals surface area contributed by atoms with Gasteiger partial charge in [-0.1, -0.05) is 31.5 Å². The molecule has 0 spiro atoms. The van der Waals surface area contributed by atoms with Crippen molar-refractivity contribution in [3.8, 4) is 0 Å². The van der Waals surface area contributed by atoms with E-state index < -0.39 is 0 Å². The van der Waals surface area contributed by atoms with Crippen molar-refractivity contribution in [3.63, 3.8) is 0 Å². The molecule has 5 heteroatoms. The van der Waals surface area contributed by atoms with Crippen LogP contribution in [0.1, 0.15) is 32.3 Å². The van der Waals surface area contributed by atoms with E-state index in [9.17, 15) is 0 Å². The van der Waals surface area contributed by atoms with Gasteiger partial charge in [0.25, 0.3) is 0 Å². The molecule has 0 aromatic heterocycles. The molecule has 1 aromatic carbocycles. The van der Waals surface area contributed by atoms with E-state index in [0.717, 1.165) is 47.6 Å². The average Bonchev–Trinajstić information content (AvgIpc) is 2.46. The van der Waals surface area contributed by atoms with Crippen molar-refractivity contribution < 1.29 is 0 Å². The average molecular weight is 354 g/mol. The Labute approximate surface area is 150 Å². The van der Waals surface area contributed by atoms with Crippen LogP contribution in [0.2, 0.25) is 5.02 Å². The lowest BCUT2D eigenvalue weighted by Gasteiger charge is -2.35. The van der Waals surface area contributed by atoms with E-state index >= 15 is 0 Å². The summed E-state index contributed by atoms with van der Waals surface area (Å²) in [5.74, 6) is 1.64. The second kappa shape index (κ2) is 8.86. The lowest BCUT2D eigenvalue weighted by molar-refractivity contribution is 0.140. The van der Waals surface area contributed by atoms with Crippen LogP contribution in [-0.2, 0) is 0 Å². The molecule has 2 N–H and O–H groups in total. The Hall–Kier alpha value is -0.840. The number of nitrogens with zero attached hydrogens (tertiary/aromatic N) is 1. The fourth-order valence-electron chi connectivity index (χ4n) is 3.33. The van der Waals surface area contributed by atoms with E-state index in [0.29, 0.717) is 5.11 Å². The van der Waals surface area contributed by atoms with Gasteiger partial charge in [0.15, 0.2) is 5.11 Å². The number of benzene rings is 1. The zero-order chi connectivity index (χ0) is 16.8. The number of hydrogen-bond donors (Lipinski definition) is 2. The number of thiocarbonyl (C=S) groups is 1. The molecule has 1 heterocycles. The predicted octanol–water partition coefficient (Wildman–Crippen LogP) is 4.30. The van der Waals surface area contributed by atoms with E-state index in [1.807, 2.05) is 25.1 Å². The largest absolute Gasteiger partial charge is 0.362 e. The van der Waals surface area contributed by atoms with Crippen LogP contribution < -0.4 is 10.6 Å². The van der Waals surface area contributed by atoms with E-state index in [4.69, 9.17) is 23.8 Å². The molecule has 0 aliphatic carbocycles. The van der Waals surface area contributed by atoms with Crippen LogP contribution in [0.25, 0.3) is 0 Å². The second-order valence-corrected chi connectivity index (χ2v) is 7.72. The molecule has 0 radical (unpaired) electrons. The van der Waals surface area contributed by atoms with Gasteiger partial charge in [-0.25, -0.2) is 0 Å². The predicted molar refractivity (Wildman–Crippen MR) is 104 cm³/mol. The summed E-state index contributed by atoms with van der Waals surface area (Å²) in [6, 6.07) is 5.89. The normalized spacial score (nSPS) is 21.9. The van der Waals surface area contributed by atoms with E-state index in [2.05, 4.69) is 29.4 Å². The van der Waals surface area contributed by atoms with Gasteiger partial charge in [0.2, 0.25) is 0 Å². The zero-order valence-corrected chi connectivity index (χ0v) is 15.9. The van der Waals surface area contributed by atoms with Gasteiger partial charge in [0, 0.05) is 30.3 Å². The van der Waals surface area contributed by atoms with E-state index in [1.54, 1.807) is 0 Å². The minimum Gasteiger partial charge on any atom is -0.362 e. The van der Waals surface area contributed by atoms with Gasteiger partial charge >= 0.3 is 0 Å². The first-order valence-electron chi connectivity index (χ1n) is 8.47. The fraction of sp³-hybridized carbons (Fsp3) is 0.611. The minimum absolute atomic E-state index is 0.658. The molecule has 1 fully saturated rings. The van der Waals surface area contributed by atoms with Gasteiger partial charge in [-0.15, -0.1) is 0 Å². The zero-order valence-electron chi connectivity index (χ0n) is 14.4. The maximum Gasteiger partial charge on any atom is 0.170 e. The number of likely N-dealkylation sites (tertiary alicyclic amines) is 1. The molecule has 0 amide bonds. The highest BCUT2D eigenvalue weighted by Crippen LogP contribution is 2.21. The van der Waals surface area contributed by atoms with Crippen molar-refractivity contribution in [3.05, 3.63) is 28.8 Å². The van der Waals surface area contributed by atoms with Crippen molar-refractivity contribution in [2.45, 2.75) is 33.6 Å². The smallest absolute Gasteiger partial charge is 0.170 e. The highest BCUT2D eigenvalue weighted by molar-refractivity contribution is 7.80. The Morgan fingerprint density at radius 2 is 2.00 bits per heavy atom. The number of rotatable bonds is 5. The summed E-state index contributed by atoms with van der Waals surface area (Å²) < 4.78 is 0. The van der Waals surface area contributed by atoms with Crippen molar-refractivity contribution in [1.29, 1.82) is 0 Å². The van der Waals surface area contributed by atoms with Crippen molar-refractivity contribution in [2.75, 3.05) is 31.5 Å². The number of aryl methyl sites for hydroxylation is 1. The summed E-state index contributed by atoms with van der Waals surface area (Å²) in [6.45, 7) is 11.2. The van der Waals surface area contributed by atoms with Crippen molar-refractivity contribution in [2.24, 2.45) is 11.8 Å². The lowest BCUT2D eigenvalue weighted by atomic mass is 9.92. The molecular weight excluding hydrogens is 326 g/mol. The molecule has 2 atom stereocenters. The Kier molecular flexibility index (Phi) is 7.12. The molecule has 1 aliphatic heterocycles. The Bertz CT molecular complexity index is 525. The summed E-state index contributed by atoms with van der Waals surface area (Å²) in [5, 5.41) is 7.88. The third kappa shape index (κ3) is 6.28. The van der Waals surface area contributed by atoms with Gasteiger partial charge in [-0.2, -0.15) is 0 Å². The second-order valence-electron chi connectivity index (χ2n) is 6.90. The van der Waals surface area contributed by atoms with Gasteiger partial charge < -0.3 is 15.5 Å². The fourth-order valence-corrected chi connectivity index (χ4v) is 3.73. The molecule has 2 rings (SSSR count). The van der Waals surface area contributed by atoms with Gasteiger partial charge in [0.1, 0.15) is 0 Å². The summed E-state index contributed by atoms with van der Waals surface area (Å²) in [6.07, 6.45) is 2.47. The molecule has 1 saturated heterocycles. The molecule has 128 valence electrons. The number of hydrogen-bond acceptors (Lipinski definition) is 2. The summed E-state index contributed by atoms with van der Waals surface area (Å²) >= 11 is 11.5. The van der Waals surface area contributed by atoms with Crippen molar-refractivity contribution >= 4 is 34.6 Å². The first-order chi connectivity index (χ1) is 10.9. The van der Waals surface area contributed by atoms with Gasteiger partial charge in [-0.3, -0.25) is 0 Å². The number of anilines is 1. The highest BCUT2D eigenvalue weighted by Gasteiger charge is 2.20. The quantitative estimate of drug-likeness (QED) is 0.609.